The van der Waals surface area contributed by atoms with Crippen molar-refractivity contribution < 1.29 is 13.5 Å². The van der Waals surface area contributed by atoms with Crippen LogP contribution in [-0.2, 0) is 9.84 Å². The molecule has 6 heteroatoms. The van der Waals surface area contributed by atoms with E-state index in [2.05, 4.69) is 15.9 Å². The van der Waals surface area contributed by atoms with Crippen LogP contribution in [0.3, 0.4) is 0 Å². The molecule has 4 nitrogen and oxygen atoms in total. The van der Waals surface area contributed by atoms with E-state index in [9.17, 15) is 13.5 Å². The van der Waals surface area contributed by atoms with Gasteiger partial charge < -0.3 is 10.8 Å². The molecule has 1 aliphatic carbocycles. The van der Waals surface area contributed by atoms with Gasteiger partial charge in [0.2, 0.25) is 0 Å². The molecule has 0 aliphatic heterocycles. The summed E-state index contributed by atoms with van der Waals surface area (Å²) in [5.74, 6) is -0.274. The van der Waals surface area contributed by atoms with E-state index in [1.54, 1.807) is 6.92 Å². The van der Waals surface area contributed by atoms with Crippen LogP contribution in [0.4, 0.5) is 0 Å². The van der Waals surface area contributed by atoms with Crippen molar-refractivity contribution in [3.05, 3.63) is 34.3 Å². The lowest BCUT2D eigenvalue weighted by Crippen LogP contribution is -2.35. The molecule has 0 amide bonds. The van der Waals surface area contributed by atoms with Gasteiger partial charge in [-0.25, -0.2) is 8.42 Å². The molecule has 18 heavy (non-hydrogen) atoms. The second-order valence-corrected chi connectivity index (χ2v) is 8.00. The normalized spacial score (nSPS) is 31.3. The van der Waals surface area contributed by atoms with Crippen molar-refractivity contribution in [2.24, 2.45) is 5.73 Å². The molecule has 0 bridgehead atoms. The van der Waals surface area contributed by atoms with E-state index in [1.807, 2.05) is 24.3 Å². The molecule has 0 saturated heterocycles. The number of hydrogen-bond donors (Lipinski definition) is 2. The van der Waals surface area contributed by atoms with Crippen LogP contribution in [0.15, 0.2) is 28.7 Å². The maximum Gasteiger partial charge on any atom is 0.155 e. The minimum absolute atomic E-state index is 0.0453. The van der Waals surface area contributed by atoms with Gasteiger partial charge in [0.1, 0.15) is 0 Å². The molecular weight excluding hydrogens is 318 g/mol. The SMILES string of the molecule is CCS(=O)(=O)C1C(c2ccc(Br)cc2)C1(N)CO. The van der Waals surface area contributed by atoms with Crippen LogP contribution >= 0.6 is 15.9 Å². The van der Waals surface area contributed by atoms with E-state index >= 15 is 0 Å². The molecule has 3 N–H and O–H groups in total. The number of aliphatic hydroxyl groups is 1. The van der Waals surface area contributed by atoms with Gasteiger partial charge in [-0.1, -0.05) is 35.0 Å². The molecule has 3 unspecified atom stereocenters. The summed E-state index contributed by atoms with van der Waals surface area (Å²) in [6.45, 7) is 1.28. The van der Waals surface area contributed by atoms with E-state index in [0.29, 0.717) is 0 Å². The van der Waals surface area contributed by atoms with Gasteiger partial charge in [-0.15, -0.1) is 0 Å². The van der Waals surface area contributed by atoms with Crippen molar-refractivity contribution in [3.8, 4) is 0 Å². The summed E-state index contributed by atoms with van der Waals surface area (Å²) < 4.78 is 24.9. The van der Waals surface area contributed by atoms with Gasteiger partial charge in [0.25, 0.3) is 0 Å². The highest BCUT2D eigenvalue weighted by Crippen LogP contribution is 2.54. The summed E-state index contributed by atoms with van der Waals surface area (Å²) in [6.07, 6.45) is 0. The second-order valence-electron chi connectivity index (χ2n) is 4.67. The fraction of sp³-hybridized carbons (Fsp3) is 0.500. The fourth-order valence-electron chi connectivity index (χ4n) is 2.49. The number of nitrogens with two attached hydrogens (primary N) is 1. The van der Waals surface area contributed by atoms with Crippen LogP contribution in [0.5, 0.6) is 0 Å². The fourth-order valence-corrected chi connectivity index (χ4v) is 4.75. The Kier molecular flexibility index (Phi) is 3.57. The Hall–Kier alpha value is -0.430. The van der Waals surface area contributed by atoms with Crippen molar-refractivity contribution in [3.63, 3.8) is 0 Å². The summed E-state index contributed by atoms with van der Waals surface area (Å²) in [7, 11) is -3.25. The Balaban J connectivity index is 2.37. The third-order valence-electron chi connectivity index (χ3n) is 3.59. The van der Waals surface area contributed by atoms with Crippen molar-refractivity contribution in [1.29, 1.82) is 0 Å². The predicted octanol–water partition coefficient (Wildman–Crippen LogP) is 1.04. The summed E-state index contributed by atoms with van der Waals surface area (Å²) in [6, 6.07) is 7.39. The van der Waals surface area contributed by atoms with Crippen LogP contribution in [-0.4, -0.2) is 36.7 Å². The van der Waals surface area contributed by atoms with E-state index < -0.39 is 20.6 Å². The number of benzene rings is 1. The first-order chi connectivity index (χ1) is 8.36. The molecule has 0 heterocycles. The summed E-state index contributed by atoms with van der Waals surface area (Å²) in [4.78, 5) is 0. The summed E-state index contributed by atoms with van der Waals surface area (Å²) in [5.41, 5.74) is 5.84. The first kappa shape index (κ1) is 14.0. The van der Waals surface area contributed by atoms with Gasteiger partial charge in [0.05, 0.1) is 17.4 Å². The molecule has 1 saturated carbocycles. The van der Waals surface area contributed by atoms with E-state index in [0.717, 1.165) is 10.0 Å². The quantitative estimate of drug-likeness (QED) is 0.862. The van der Waals surface area contributed by atoms with Crippen LogP contribution in [0, 0.1) is 0 Å². The standard InChI is InChI=1S/C12H16BrNO3S/c1-2-18(16,17)11-10(12(11,14)7-15)8-3-5-9(13)6-4-8/h3-6,10-11,15H,2,7,14H2,1H3. The molecule has 2 rings (SSSR count). The molecular formula is C12H16BrNO3S. The topological polar surface area (TPSA) is 80.4 Å². The van der Waals surface area contributed by atoms with Crippen LogP contribution in [0.1, 0.15) is 18.4 Å². The number of hydrogen-bond acceptors (Lipinski definition) is 4. The Morgan fingerprint density at radius 3 is 2.39 bits per heavy atom. The Bertz CT molecular complexity index is 543. The van der Waals surface area contributed by atoms with Gasteiger partial charge in [0, 0.05) is 16.1 Å². The molecule has 0 aromatic heterocycles. The van der Waals surface area contributed by atoms with Crippen LogP contribution in [0.25, 0.3) is 0 Å². The Morgan fingerprint density at radius 1 is 1.39 bits per heavy atom. The van der Waals surface area contributed by atoms with Gasteiger partial charge in [-0.2, -0.15) is 0 Å². The third kappa shape index (κ3) is 2.11. The van der Waals surface area contributed by atoms with Gasteiger partial charge in [0.15, 0.2) is 9.84 Å². The molecule has 1 aromatic rings. The average Bonchev–Trinajstić information content (AvgIpc) is 2.98. The van der Waals surface area contributed by atoms with Crippen LogP contribution in [0.2, 0.25) is 0 Å². The van der Waals surface area contributed by atoms with Crippen molar-refractivity contribution >= 4 is 25.8 Å². The Labute approximate surface area is 115 Å². The molecule has 0 radical (unpaired) electrons. The average molecular weight is 334 g/mol. The minimum Gasteiger partial charge on any atom is -0.394 e. The minimum atomic E-state index is -3.25. The lowest BCUT2D eigenvalue weighted by molar-refractivity contribution is 0.253. The molecule has 3 atom stereocenters. The van der Waals surface area contributed by atoms with E-state index in [4.69, 9.17) is 5.73 Å². The highest BCUT2D eigenvalue weighted by Gasteiger charge is 2.68. The molecule has 1 aliphatic rings. The molecule has 100 valence electrons. The third-order valence-corrected chi connectivity index (χ3v) is 6.41. The van der Waals surface area contributed by atoms with Gasteiger partial charge in [-0.3, -0.25) is 0 Å². The number of sulfone groups is 1. The number of halogens is 1. The summed E-state index contributed by atoms with van der Waals surface area (Å²) >= 11 is 3.33. The van der Waals surface area contributed by atoms with E-state index in [-0.39, 0.29) is 18.3 Å². The maximum atomic E-state index is 12.0. The highest BCUT2D eigenvalue weighted by atomic mass is 79.9. The van der Waals surface area contributed by atoms with Crippen molar-refractivity contribution in [2.45, 2.75) is 23.6 Å². The maximum absolute atomic E-state index is 12.0. The van der Waals surface area contributed by atoms with Crippen molar-refractivity contribution in [2.75, 3.05) is 12.4 Å². The lowest BCUT2D eigenvalue weighted by atomic mass is 10.1. The molecule has 1 fully saturated rings. The largest absolute Gasteiger partial charge is 0.394 e. The number of rotatable bonds is 4. The number of aliphatic hydroxyl groups excluding tert-OH is 1. The molecule has 0 spiro atoms. The zero-order valence-corrected chi connectivity index (χ0v) is 12.4. The monoisotopic (exact) mass is 333 g/mol. The van der Waals surface area contributed by atoms with E-state index in [1.165, 1.54) is 0 Å². The highest BCUT2D eigenvalue weighted by molar-refractivity contribution is 9.10. The van der Waals surface area contributed by atoms with Gasteiger partial charge in [-0.05, 0) is 17.7 Å². The predicted molar refractivity (Wildman–Crippen MR) is 74.1 cm³/mol. The van der Waals surface area contributed by atoms with Gasteiger partial charge >= 0.3 is 0 Å². The van der Waals surface area contributed by atoms with Crippen molar-refractivity contribution in [1.82, 2.24) is 0 Å². The summed E-state index contributed by atoms with van der Waals surface area (Å²) in [5, 5.41) is 8.70. The smallest absolute Gasteiger partial charge is 0.155 e. The van der Waals surface area contributed by atoms with Crippen LogP contribution < -0.4 is 5.73 Å². The Morgan fingerprint density at radius 2 is 1.94 bits per heavy atom. The zero-order chi connectivity index (χ0) is 13.6. The first-order valence-electron chi connectivity index (χ1n) is 5.73. The lowest BCUT2D eigenvalue weighted by Gasteiger charge is -2.07. The zero-order valence-electron chi connectivity index (χ0n) is 10.0. The first-order valence-corrected chi connectivity index (χ1v) is 8.24. The second kappa shape index (κ2) is 4.59. The molecule has 1 aromatic carbocycles.